The topological polar surface area (TPSA) is 91.1 Å². The zero-order valence-corrected chi connectivity index (χ0v) is 21.9. The molecule has 4 aromatic rings. The van der Waals surface area contributed by atoms with E-state index in [0.29, 0.717) is 42.5 Å². The van der Waals surface area contributed by atoms with Crippen molar-refractivity contribution in [1.82, 2.24) is 0 Å². The van der Waals surface area contributed by atoms with E-state index in [-0.39, 0.29) is 17.2 Å². The zero-order chi connectivity index (χ0) is 27.6. The Morgan fingerprint density at radius 1 is 0.795 bits per heavy atom. The summed E-state index contributed by atoms with van der Waals surface area (Å²) in [7, 11) is 0. The van der Waals surface area contributed by atoms with Crippen LogP contribution in [0.25, 0.3) is 0 Å². The third-order valence-electron chi connectivity index (χ3n) is 6.05. The Kier molecular flexibility index (Phi) is 9.13. The maximum absolute atomic E-state index is 11.6. The van der Waals surface area contributed by atoms with Gasteiger partial charge in [0.25, 0.3) is 5.69 Å². The molecule has 0 aromatic heterocycles. The predicted octanol–water partition coefficient (Wildman–Crippen LogP) is 6.84. The van der Waals surface area contributed by atoms with Gasteiger partial charge in [-0.2, -0.15) is 0 Å². The quantitative estimate of drug-likeness (QED) is 0.113. The molecular formula is C31H30N2O6. The molecule has 0 atom stereocenters. The van der Waals surface area contributed by atoms with Crippen molar-refractivity contribution >= 4 is 17.3 Å². The normalized spacial score (nSPS) is 10.5. The number of nitro groups is 1. The first kappa shape index (κ1) is 27.2. The second-order valence-electron chi connectivity index (χ2n) is 8.83. The molecule has 8 nitrogen and oxygen atoms in total. The van der Waals surface area contributed by atoms with Crippen LogP contribution in [0.5, 0.6) is 17.2 Å². The summed E-state index contributed by atoms with van der Waals surface area (Å²) < 4.78 is 16.2. The number of nitrogens with zero attached hydrogens (tertiary/aromatic N) is 2. The van der Waals surface area contributed by atoms with Gasteiger partial charge in [-0.3, -0.25) is 10.1 Å². The van der Waals surface area contributed by atoms with Crippen molar-refractivity contribution in [2.45, 2.75) is 26.9 Å². The monoisotopic (exact) mass is 526 g/mol. The Morgan fingerprint density at radius 3 is 2.00 bits per heavy atom. The molecule has 8 heteroatoms. The third kappa shape index (κ3) is 7.58. The molecule has 0 fully saturated rings. The van der Waals surface area contributed by atoms with E-state index < -0.39 is 5.97 Å². The summed E-state index contributed by atoms with van der Waals surface area (Å²) in [5, 5.41) is 11.6. The summed E-state index contributed by atoms with van der Waals surface area (Å²) in [5.41, 5.74) is 3.70. The number of nitro benzene ring substituents is 1. The van der Waals surface area contributed by atoms with Gasteiger partial charge in [-0.25, -0.2) is 4.79 Å². The van der Waals surface area contributed by atoms with E-state index in [9.17, 15) is 14.9 Å². The number of benzene rings is 4. The number of hydrogen-bond donors (Lipinski definition) is 0. The Morgan fingerprint density at radius 2 is 1.38 bits per heavy atom. The number of rotatable bonds is 12. The largest absolute Gasteiger partial charge is 0.482 e. The van der Waals surface area contributed by atoms with Crippen molar-refractivity contribution < 1.29 is 23.9 Å². The van der Waals surface area contributed by atoms with Gasteiger partial charge in [0.05, 0.1) is 17.1 Å². The molecule has 4 aromatic carbocycles. The minimum atomic E-state index is -0.416. The van der Waals surface area contributed by atoms with Gasteiger partial charge < -0.3 is 19.1 Å². The van der Waals surface area contributed by atoms with Crippen LogP contribution in [0.1, 0.15) is 23.6 Å². The highest BCUT2D eigenvalue weighted by molar-refractivity contribution is 5.71. The highest BCUT2D eigenvalue weighted by Gasteiger charge is 2.18. The second kappa shape index (κ2) is 13.1. The lowest BCUT2D eigenvalue weighted by atomic mass is 10.1. The first-order valence-electron chi connectivity index (χ1n) is 12.6. The van der Waals surface area contributed by atoms with Crippen molar-refractivity contribution in [3.8, 4) is 17.2 Å². The molecule has 0 aliphatic heterocycles. The fraction of sp³-hybridized carbons (Fsp3) is 0.194. The molecule has 0 saturated heterocycles. The van der Waals surface area contributed by atoms with Crippen molar-refractivity contribution in [1.29, 1.82) is 0 Å². The summed E-state index contributed by atoms with van der Waals surface area (Å²) in [4.78, 5) is 24.8. The number of carbonyl (C=O) groups is 1. The molecular weight excluding hydrogens is 496 g/mol. The second-order valence-corrected chi connectivity index (χ2v) is 8.83. The lowest BCUT2D eigenvalue weighted by Gasteiger charge is -2.27. The van der Waals surface area contributed by atoms with Crippen LogP contribution >= 0.6 is 0 Å². The SMILES string of the molecule is CCOC(=O)COc1ccc(Oc2ccc(CN(Cc3ccccc3)c3cccc([N+](=O)[O-])c3C)cc2)cc1. The van der Waals surface area contributed by atoms with Crippen LogP contribution in [-0.2, 0) is 22.6 Å². The highest BCUT2D eigenvalue weighted by Crippen LogP contribution is 2.31. The Hall–Kier alpha value is -4.85. The van der Waals surface area contributed by atoms with E-state index in [1.165, 1.54) is 6.07 Å². The number of esters is 1. The van der Waals surface area contributed by atoms with E-state index in [0.717, 1.165) is 16.8 Å². The van der Waals surface area contributed by atoms with Gasteiger partial charge in [0, 0.05) is 24.8 Å². The fourth-order valence-corrected chi connectivity index (χ4v) is 4.15. The molecule has 0 amide bonds. The lowest BCUT2D eigenvalue weighted by molar-refractivity contribution is -0.385. The Labute approximate surface area is 227 Å². The van der Waals surface area contributed by atoms with E-state index in [1.807, 2.05) is 60.7 Å². The Bertz CT molecular complexity index is 1390. The van der Waals surface area contributed by atoms with E-state index in [1.54, 1.807) is 44.2 Å². The van der Waals surface area contributed by atoms with Crippen molar-refractivity contribution in [3.63, 3.8) is 0 Å². The van der Waals surface area contributed by atoms with Gasteiger partial charge in [0.2, 0.25) is 0 Å². The molecule has 0 spiro atoms. The smallest absolute Gasteiger partial charge is 0.344 e. The van der Waals surface area contributed by atoms with Gasteiger partial charge in [0.1, 0.15) is 17.2 Å². The minimum absolute atomic E-state index is 0.103. The molecule has 0 radical (unpaired) electrons. The van der Waals surface area contributed by atoms with Gasteiger partial charge >= 0.3 is 5.97 Å². The molecule has 39 heavy (non-hydrogen) atoms. The number of anilines is 1. The minimum Gasteiger partial charge on any atom is -0.482 e. The summed E-state index contributed by atoms with van der Waals surface area (Å²) in [5.74, 6) is 1.42. The van der Waals surface area contributed by atoms with Gasteiger partial charge in [-0.05, 0) is 67.4 Å². The maximum atomic E-state index is 11.6. The molecule has 4 rings (SSSR count). The molecule has 0 saturated carbocycles. The van der Waals surface area contributed by atoms with Crippen LogP contribution in [0.3, 0.4) is 0 Å². The van der Waals surface area contributed by atoms with Crippen LogP contribution < -0.4 is 14.4 Å². The summed E-state index contributed by atoms with van der Waals surface area (Å²) in [6.07, 6.45) is 0. The lowest BCUT2D eigenvalue weighted by Crippen LogP contribution is -2.23. The molecule has 0 aliphatic rings. The molecule has 0 aliphatic carbocycles. The summed E-state index contributed by atoms with van der Waals surface area (Å²) >= 11 is 0. The highest BCUT2D eigenvalue weighted by atomic mass is 16.6. The average molecular weight is 527 g/mol. The van der Waals surface area contributed by atoms with Crippen LogP contribution in [0.15, 0.2) is 97.1 Å². The van der Waals surface area contributed by atoms with Gasteiger partial charge in [0.15, 0.2) is 6.61 Å². The molecule has 0 heterocycles. The molecule has 200 valence electrons. The van der Waals surface area contributed by atoms with E-state index in [4.69, 9.17) is 14.2 Å². The van der Waals surface area contributed by atoms with Gasteiger partial charge in [-0.1, -0.05) is 48.5 Å². The molecule has 0 N–H and O–H groups in total. The fourth-order valence-electron chi connectivity index (χ4n) is 4.15. The number of carbonyl (C=O) groups excluding carboxylic acids is 1. The molecule has 0 unspecified atom stereocenters. The van der Waals surface area contributed by atoms with Crippen molar-refractivity contribution in [2.24, 2.45) is 0 Å². The first-order valence-corrected chi connectivity index (χ1v) is 12.6. The zero-order valence-electron chi connectivity index (χ0n) is 21.9. The number of hydrogen-bond acceptors (Lipinski definition) is 7. The number of ether oxygens (including phenoxy) is 3. The predicted molar refractivity (Wildman–Crippen MR) is 149 cm³/mol. The van der Waals surface area contributed by atoms with Crippen molar-refractivity contribution in [2.75, 3.05) is 18.1 Å². The maximum Gasteiger partial charge on any atom is 0.344 e. The summed E-state index contributed by atoms with van der Waals surface area (Å²) in [6.45, 7) is 4.86. The van der Waals surface area contributed by atoms with Crippen LogP contribution in [0.4, 0.5) is 11.4 Å². The Balaban J connectivity index is 1.45. The van der Waals surface area contributed by atoms with Crippen molar-refractivity contribution in [3.05, 3.63) is 124 Å². The van der Waals surface area contributed by atoms with E-state index >= 15 is 0 Å². The van der Waals surface area contributed by atoms with Crippen LogP contribution in [-0.4, -0.2) is 24.1 Å². The van der Waals surface area contributed by atoms with Crippen LogP contribution in [0, 0.1) is 17.0 Å². The first-order chi connectivity index (χ1) is 18.9. The summed E-state index contributed by atoms with van der Waals surface area (Å²) in [6, 6.07) is 29.9. The van der Waals surface area contributed by atoms with Gasteiger partial charge in [-0.15, -0.1) is 0 Å². The average Bonchev–Trinajstić information content (AvgIpc) is 2.94. The standard InChI is InChI=1S/C31H30N2O6/c1-3-37-31(34)22-38-26-16-18-28(19-17-26)39-27-14-12-25(13-15-27)21-32(20-24-8-5-4-6-9-24)29-10-7-11-30(23(29)2)33(35)36/h4-19H,3,20-22H2,1-2H3. The van der Waals surface area contributed by atoms with E-state index in [2.05, 4.69) is 4.90 Å². The van der Waals surface area contributed by atoms with Crippen LogP contribution in [0.2, 0.25) is 0 Å². The molecule has 0 bridgehead atoms. The third-order valence-corrected chi connectivity index (χ3v) is 6.05.